The maximum atomic E-state index is 5.09. The molecule has 0 aliphatic heterocycles. The van der Waals surface area contributed by atoms with E-state index in [-0.39, 0.29) is 0 Å². The lowest BCUT2D eigenvalue weighted by atomic mass is 9.79. The molecule has 1 N–H and O–H groups in total. The van der Waals surface area contributed by atoms with Crippen molar-refractivity contribution in [1.29, 1.82) is 0 Å². The molecule has 17 heavy (non-hydrogen) atoms. The van der Waals surface area contributed by atoms with E-state index in [2.05, 4.69) is 19.2 Å². The maximum absolute atomic E-state index is 5.09. The minimum absolute atomic E-state index is 0.799. The Bertz CT molecular complexity index is 174. The molecule has 0 aromatic rings. The van der Waals surface area contributed by atoms with Gasteiger partial charge in [0.15, 0.2) is 0 Å². The maximum Gasteiger partial charge on any atom is 0.0587 e. The minimum Gasteiger partial charge on any atom is -0.383 e. The zero-order valence-electron chi connectivity index (χ0n) is 12.0. The largest absolute Gasteiger partial charge is 0.383 e. The summed E-state index contributed by atoms with van der Waals surface area (Å²) in [6, 6.07) is 0. The van der Waals surface area contributed by atoms with Crippen molar-refractivity contribution in [2.45, 2.75) is 52.4 Å². The predicted molar refractivity (Wildman–Crippen MR) is 74.3 cm³/mol. The lowest BCUT2D eigenvalue weighted by Gasteiger charge is -2.30. The molecule has 2 nitrogen and oxygen atoms in total. The molecule has 0 bridgehead atoms. The highest BCUT2D eigenvalue weighted by atomic mass is 16.5. The number of ether oxygens (including phenoxy) is 1. The molecule has 1 fully saturated rings. The summed E-state index contributed by atoms with van der Waals surface area (Å²) in [4.78, 5) is 0. The highest BCUT2D eigenvalue weighted by Crippen LogP contribution is 2.32. The fourth-order valence-electron chi connectivity index (χ4n) is 3.13. The van der Waals surface area contributed by atoms with Gasteiger partial charge in [-0.15, -0.1) is 0 Å². The van der Waals surface area contributed by atoms with Crippen molar-refractivity contribution in [3.05, 3.63) is 0 Å². The van der Waals surface area contributed by atoms with Crippen molar-refractivity contribution in [2.75, 3.05) is 26.8 Å². The molecule has 1 aliphatic carbocycles. The summed E-state index contributed by atoms with van der Waals surface area (Å²) in [7, 11) is 1.77. The average molecular weight is 241 g/mol. The van der Waals surface area contributed by atoms with E-state index in [0.717, 1.165) is 30.9 Å². The summed E-state index contributed by atoms with van der Waals surface area (Å²) in [5.74, 6) is 2.60. The fourth-order valence-corrected chi connectivity index (χ4v) is 3.13. The van der Waals surface area contributed by atoms with Crippen LogP contribution >= 0.6 is 0 Å². The van der Waals surface area contributed by atoms with Crippen molar-refractivity contribution in [2.24, 2.45) is 17.8 Å². The summed E-state index contributed by atoms with van der Waals surface area (Å²) < 4.78 is 5.09. The molecule has 0 heterocycles. The Morgan fingerprint density at radius 3 is 2.29 bits per heavy atom. The lowest BCUT2D eigenvalue weighted by Crippen LogP contribution is -2.33. The van der Waals surface area contributed by atoms with Gasteiger partial charge in [0, 0.05) is 13.7 Å². The first-order chi connectivity index (χ1) is 8.25. The summed E-state index contributed by atoms with van der Waals surface area (Å²) in [5.41, 5.74) is 0. The van der Waals surface area contributed by atoms with Gasteiger partial charge in [-0.05, 0) is 24.3 Å². The molecule has 2 heteroatoms. The molecule has 0 radical (unpaired) electrons. The van der Waals surface area contributed by atoms with Gasteiger partial charge in [-0.3, -0.25) is 0 Å². The average Bonchev–Trinajstić information content (AvgIpc) is 2.57. The third-order valence-electron chi connectivity index (χ3n) is 4.22. The van der Waals surface area contributed by atoms with Gasteiger partial charge < -0.3 is 10.1 Å². The van der Waals surface area contributed by atoms with E-state index in [1.165, 1.54) is 45.1 Å². The highest BCUT2D eigenvalue weighted by Gasteiger charge is 2.24. The molecular formula is C15H31NO. The Hall–Kier alpha value is -0.0800. The van der Waals surface area contributed by atoms with Gasteiger partial charge in [-0.1, -0.05) is 52.4 Å². The van der Waals surface area contributed by atoms with E-state index in [1.807, 2.05) is 0 Å². The van der Waals surface area contributed by atoms with E-state index >= 15 is 0 Å². The molecule has 0 amide bonds. The van der Waals surface area contributed by atoms with Crippen molar-refractivity contribution < 1.29 is 4.74 Å². The van der Waals surface area contributed by atoms with Gasteiger partial charge in [0.2, 0.25) is 0 Å². The zero-order chi connectivity index (χ0) is 12.5. The number of rotatable bonds is 7. The van der Waals surface area contributed by atoms with Crippen LogP contribution in [0.25, 0.3) is 0 Å². The molecule has 0 spiro atoms. The number of hydrogen-bond donors (Lipinski definition) is 1. The van der Waals surface area contributed by atoms with E-state index in [4.69, 9.17) is 4.74 Å². The van der Waals surface area contributed by atoms with Crippen LogP contribution in [0, 0.1) is 17.8 Å². The van der Waals surface area contributed by atoms with Crippen molar-refractivity contribution in [3.63, 3.8) is 0 Å². The van der Waals surface area contributed by atoms with Gasteiger partial charge in [0.25, 0.3) is 0 Å². The number of hydrogen-bond acceptors (Lipinski definition) is 2. The van der Waals surface area contributed by atoms with E-state index in [0.29, 0.717) is 0 Å². The molecule has 1 atom stereocenters. The lowest BCUT2D eigenvalue weighted by molar-refractivity contribution is 0.184. The molecule has 1 rings (SSSR count). The van der Waals surface area contributed by atoms with Crippen LogP contribution in [0.4, 0.5) is 0 Å². The summed E-state index contributed by atoms with van der Waals surface area (Å²) >= 11 is 0. The summed E-state index contributed by atoms with van der Waals surface area (Å²) in [5, 5.41) is 3.56. The quantitative estimate of drug-likeness (QED) is 0.544. The zero-order valence-corrected chi connectivity index (χ0v) is 12.0. The Balaban J connectivity index is 2.34. The topological polar surface area (TPSA) is 21.3 Å². The standard InChI is InChI=1S/C15H31NO/c1-13(2)15(12-16-10-11-17-3)14-8-6-4-5-7-9-14/h13-16H,4-12H2,1-3H3. The third-order valence-corrected chi connectivity index (χ3v) is 4.22. The molecule has 0 aromatic heterocycles. The SMILES string of the molecule is COCCNCC(C(C)C)C1CCCCCC1. The smallest absolute Gasteiger partial charge is 0.0587 e. The van der Waals surface area contributed by atoms with E-state index in [9.17, 15) is 0 Å². The van der Waals surface area contributed by atoms with Crippen LogP contribution in [0.5, 0.6) is 0 Å². The Labute approximate surface area is 108 Å². The summed E-state index contributed by atoms with van der Waals surface area (Å²) in [6.07, 6.45) is 8.72. The third kappa shape index (κ3) is 5.87. The van der Waals surface area contributed by atoms with Crippen LogP contribution in [0.2, 0.25) is 0 Å². The monoisotopic (exact) mass is 241 g/mol. The Morgan fingerprint density at radius 2 is 1.76 bits per heavy atom. The van der Waals surface area contributed by atoms with Crippen molar-refractivity contribution in [1.82, 2.24) is 5.32 Å². The molecule has 0 saturated heterocycles. The van der Waals surface area contributed by atoms with Crippen LogP contribution in [0.1, 0.15) is 52.4 Å². The first-order valence-electron chi connectivity index (χ1n) is 7.45. The van der Waals surface area contributed by atoms with Gasteiger partial charge in [-0.2, -0.15) is 0 Å². The van der Waals surface area contributed by atoms with Crippen molar-refractivity contribution in [3.8, 4) is 0 Å². The molecule has 1 unspecified atom stereocenters. The first-order valence-corrected chi connectivity index (χ1v) is 7.45. The van der Waals surface area contributed by atoms with Crippen molar-refractivity contribution >= 4 is 0 Å². The first kappa shape index (κ1) is 15.0. The van der Waals surface area contributed by atoms with Gasteiger partial charge in [-0.25, -0.2) is 0 Å². The van der Waals surface area contributed by atoms with E-state index < -0.39 is 0 Å². The summed E-state index contributed by atoms with van der Waals surface area (Å²) in [6.45, 7) is 7.76. The molecule has 102 valence electrons. The second kappa shape index (κ2) is 8.93. The van der Waals surface area contributed by atoms with Crippen LogP contribution in [-0.4, -0.2) is 26.8 Å². The Kier molecular flexibility index (Phi) is 7.87. The van der Waals surface area contributed by atoms with Crippen LogP contribution in [-0.2, 0) is 4.74 Å². The number of methoxy groups -OCH3 is 1. The molecule has 1 aliphatic rings. The predicted octanol–water partition coefficient (Wildman–Crippen LogP) is 3.47. The van der Waals surface area contributed by atoms with Crippen LogP contribution < -0.4 is 5.32 Å². The highest BCUT2D eigenvalue weighted by molar-refractivity contribution is 4.77. The van der Waals surface area contributed by atoms with E-state index in [1.54, 1.807) is 7.11 Å². The minimum atomic E-state index is 0.799. The van der Waals surface area contributed by atoms with Crippen LogP contribution in [0.3, 0.4) is 0 Å². The normalized spacial score (nSPS) is 20.5. The molecule has 0 aromatic carbocycles. The molecule has 1 saturated carbocycles. The second-order valence-corrected chi connectivity index (χ2v) is 5.86. The van der Waals surface area contributed by atoms with Gasteiger partial charge >= 0.3 is 0 Å². The van der Waals surface area contributed by atoms with Crippen LogP contribution in [0.15, 0.2) is 0 Å². The van der Waals surface area contributed by atoms with Gasteiger partial charge in [0.1, 0.15) is 0 Å². The fraction of sp³-hybridized carbons (Fsp3) is 1.00. The molecular weight excluding hydrogens is 210 g/mol. The van der Waals surface area contributed by atoms with Gasteiger partial charge in [0.05, 0.1) is 6.61 Å². The Morgan fingerprint density at radius 1 is 1.12 bits per heavy atom. The number of nitrogens with one attached hydrogen (secondary N) is 1. The second-order valence-electron chi connectivity index (χ2n) is 5.86.